The Labute approximate surface area is 273 Å². The number of hydrogen-bond donors (Lipinski definition) is 0. The van der Waals surface area contributed by atoms with Crippen molar-refractivity contribution in [3.8, 4) is 0 Å². The van der Waals surface area contributed by atoms with Crippen LogP contribution < -0.4 is 0 Å². The normalized spacial score (nSPS) is 18.6. The average Bonchev–Trinajstić information content (AvgIpc) is 3.06. The number of unbranched alkanes of at least 4 members (excludes halogenated alkanes) is 20. The number of rotatable bonds is 31. The van der Waals surface area contributed by atoms with Crippen LogP contribution in [0.3, 0.4) is 0 Å². The lowest BCUT2D eigenvalue weighted by Crippen LogP contribution is -2.42. The van der Waals surface area contributed by atoms with Crippen LogP contribution in [0.1, 0.15) is 180 Å². The molecule has 44 heavy (non-hydrogen) atoms. The molecule has 1 aliphatic heterocycles. The van der Waals surface area contributed by atoms with Crippen LogP contribution in [0.5, 0.6) is 0 Å². The molecule has 0 N–H and O–H groups in total. The van der Waals surface area contributed by atoms with Gasteiger partial charge >= 0.3 is 0 Å². The van der Waals surface area contributed by atoms with Gasteiger partial charge in [-0.25, -0.2) is 0 Å². The van der Waals surface area contributed by atoms with E-state index in [1.165, 1.54) is 148 Å². The van der Waals surface area contributed by atoms with Gasteiger partial charge in [-0.05, 0) is 25.7 Å². The SMILES string of the molecule is CCCCCCCCCCCCCCOC[C@]1(CCCCCCCCOCCCCCCC)CO[C@H](c2ccccc2)OC1. The molecule has 2 rings (SSSR count). The summed E-state index contributed by atoms with van der Waals surface area (Å²) < 4.78 is 24.7. The molecule has 1 fully saturated rings. The lowest BCUT2D eigenvalue weighted by molar-refractivity contribution is -0.246. The van der Waals surface area contributed by atoms with Gasteiger partial charge in [0.1, 0.15) is 0 Å². The molecular formula is C40H72O4. The average molecular weight is 617 g/mol. The van der Waals surface area contributed by atoms with Gasteiger partial charge in [0, 0.05) is 30.8 Å². The number of hydrogen-bond acceptors (Lipinski definition) is 4. The van der Waals surface area contributed by atoms with Gasteiger partial charge in [0.05, 0.1) is 19.8 Å². The first-order valence-electron chi connectivity index (χ1n) is 19.2. The lowest BCUT2D eigenvalue weighted by Gasteiger charge is -2.40. The molecule has 1 aromatic rings. The molecule has 0 radical (unpaired) electrons. The molecule has 0 aliphatic carbocycles. The van der Waals surface area contributed by atoms with Gasteiger partial charge in [-0.2, -0.15) is 0 Å². The van der Waals surface area contributed by atoms with Gasteiger partial charge in [-0.1, -0.05) is 173 Å². The molecule has 0 saturated carbocycles. The van der Waals surface area contributed by atoms with Crippen LogP contribution in [0.2, 0.25) is 0 Å². The Morgan fingerprint density at radius 3 is 1.41 bits per heavy atom. The minimum Gasteiger partial charge on any atom is -0.381 e. The third-order valence-corrected chi connectivity index (χ3v) is 9.34. The molecule has 0 bridgehead atoms. The smallest absolute Gasteiger partial charge is 0.183 e. The Bertz CT molecular complexity index is 681. The minimum atomic E-state index is -0.251. The van der Waals surface area contributed by atoms with Crippen molar-refractivity contribution in [3.05, 3.63) is 35.9 Å². The monoisotopic (exact) mass is 617 g/mol. The highest BCUT2D eigenvalue weighted by Gasteiger charge is 2.37. The van der Waals surface area contributed by atoms with Crippen LogP contribution >= 0.6 is 0 Å². The Morgan fingerprint density at radius 2 is 0.932 bits per heavy atom. The fourth-order valence-corrected chi connectivity index (χ4v) is 6.35. The molecule has 0 amide bonds. The van der Waals surface area contributed by atoms with Crippen molar-refractivity contribution in [1.29, 1.82) is 0 Å². The minimum absolute atomic E-state index is 0.0205. The summed E-state index contributed by atoms with van der Waals surface area (Å²) in [5, 5.41) is 0. The highest BCUT2D eigenvalue weighted by atomic mass is 16.7. The molecule has 1 aliphatic rings. The quantitative estimate of drug-likeness (QED) is 0.0778. The summed E-state index contributed by atoms with van der Waals surface area (Å²) in [4.78, 5) is 0. The summed E-state index contributed by atoms with van der Waals surface area (Å²) in [6, 6.07) is 10.4. The molecule has 4 nitrogen and oxygen atoms in total. The summed E-state index contributed by atoms with van der Waals surface area (Å²) in [5.41, 5.74) is 1.09. The summed E-state index contributed by atoms with van der Waals surface area (Å²) >= 11 is 0. The first kappa shape index (κ1) is 39.2. The molecule has 1 aromatic carbocycles. The molecule has 0 atom stereocenters. The van der Waals surface area contributed by atoms with E-state index in [9.17, 15) is 0 Å². The Kier molecular flexibility index (Phi) is 25.2. The van der Waals surface area contributed by atoms with E-state index in [1.807, 2.05) is 6.07 Å². The second kappa shape index (κ2) is 28.3. The number of benzene rings is 1. The molecule has 4 heteroatoms. The number of ether oxygens (including phenoxy) is 4. The second-order valence-corrected chi connectivity index (χ2v) is 13.7. The molecule has 1 saturated heterocycles. The second-order valence-electron chi connectivity index (χ2n) is 13.7. The van der Waals surface area contributed by atoms with E-state index in [2.05, 4.69) is 38.1 Å². The van der Waals surface area contributed by atoms with E-state index in [1.54, 1.807) is 0 Å². The van der Waals surface area contributed by atoms with E-state index in [0.29, 0.717) is 0 Å². The fourth-order valence-electron chi connectivity index (χ4n) is 6.35. The lowest BCUT2D eigenvalue weighted by atomic mass is 9.84. The highest BCUT2D eigenvalue weighted by Crippen LogP contribution is 2.36. The fraction of sp³-hybridized carbons (Fsp3) is 0.850. The van der Waals surface area contributed by atoms with Gasteiger partial charge in [0.25, 0.3) is 0 Å². The van der Waals surface area contributed by atoms with Crippen LogP contribution in [0.15, 0.2) is 30.3 Å². The summed E-state index contributed by atoms with van der Waals surface area (Å²) in [7, 11) is 0. The Balaban J connectivity index is 1.55. The van der Waals surface area contributed by atoms with Gasteiger partial charge in [-0.3, -0.25) is 0 Å². The molecule has 0 aromatic heterocycles. The van der Waals surface area contributed by atoms with Gasteiger partial charge < -0.3 is 18.9 Å². The van der Waals surface area contributed by atoms with Crippen LogP contribution in [0.25, 0.3) is 0 Å². The van der Waals surface area contributed by atoms with Crippen molar-refractivity contribution in [2.75, 3.05) is 39.6 Å². The van der Waals surface area contributed by atoms with Crippen LogP contribution in [0, 0.1) is 5.41 Å². The maximum atomic E-state index is 6.31. The molecule has 256 valence electrons. The summed E-state index contributed by atoms with van der Waals surface area (Å²) in [6.45, 7) is 9.51. The van der Waals surface area contributed by atoms with E-state index in [-0.39, 0.29) is 11.7 Å². The predicted octanol–water partition coefficient (Wildman–Crippen LogP) is 12.2. The first-order chi connectivity index (χ1) is 21.8. The van der Waals surface area contributed by atoms with E-state index >= 15 is 0 Å². The van der Waals surface area contributed by atoms with Gasteiger partial charge in [0.15, 0.2) is 6.29 Å². The van der Waals surface area contributed by atoms with Gasteiger partial charge in [-0.15, -0.1) is 0 Å². The third kappa shape index (κ3) is 20.2. The zero-order valence-electron chi connectivity index (χ0n) is 29.3. The van der Waals surface area contributed by atoms with Crippen molar-refractivity contribution >= 4 is 0 Å². The van der Waals surface area contributed by atoms with E-state index in [4.69, 9.17) is 18.9 Å². The van der Waals surface area contributed by atoms with Crippen LogP contribution in [-0.2, 0) is 18.9 Å². The molecule has 1 heterocycles. The van der Waals surface area contributed by atoms with Crippen molar-refractivity contribution in [2.45, 2.75) is 174 Å². The maximum Gasteiger partial charge on any atom is 0.183 e. The van der Waals surface area contributed by atoms with Crippen molar-refractivity contribution < 1.29 is 18.9 Å². The maximum absolute atomic E-state index is 6.31. The van der Waals surface area contributed by atoms with Crippen LogP contribution in [-0.4, -0.2) is 39.6 Å². The molecular weight excluding hydrogens is 544 g/mol. The van der Waals surface area contributed by atoms with Crippen molar-refractivity contribution in [1.82, 2.24) is 0 Å². The summed E-state index contributed by atoms with van der Waals surface area (Å²) in [5.74, 6) is 0. The zero-order chi connectivity index (χ0) is 31.2. The van der Waals surface area contributed by atoms with E-state index in [0.717, 1.165) is 51.6 Å². The highest BCUT2D eigenvalue weighted by molar-refractivity contribution is 5.16. The first-order valence-corrected chi connectivity index (χ1v) is 19.2. The summed E-state index contributed by atoms with van der Waals surface area (Å²) in [6.07, 6.45) is 31.6. The van der Waals surface area contributed by atoms with Crippen molar-refractivity contribution in [3.63, 3.8) is 0 Å². The molecule has 0 unspecified atom stereocenters. The predicted molar refractivity (Wildman–Crippen MR) is 187 cm³/mol. The standard InChI is InChI=1S/C40H72O4/c1-3-5-7-9-10-11-12-13-14-16-21-28-34-42-35-40(36-43-39(44-37-40)38-29-23-22-24-30-38)31-25-18-15-17-20-27-33-41-32-26-19-8-6-4-2/h22-24,29-30,39H,3-21,25-28,31-37H2,1-2H3/t39-,40+. The largest absolute Gasteiger partial charge is 0.381 e. The third-order valence-electron chi connectivity index (χ3n) is 9.34. The van der Waals surface area contributed by atoms with E-state index < -0.39 is 0 Å². The molecule has 0 spiro atoms. The van der Waals surface area contributed by atoms with Crippen LogP contribution in [0.4, 0.5) is 0 Å². The Morgan fingerprint density at radius 1 is 0.523 bits per heavy atom. The topological polar surface area (TPSA) is 36.9 Å². The Hall–Kier alpha value is -0.940. The zero-order valence-corrected chi connectivity index (χ0v) is 29.3. The van der Waals surface area contributed by atoms with Gasteiger partial charge in [0.2, 0.25) is 0 Å². The van der Waals surface area contributed by atoms with Crippen molar-refractivity contribution in [2.24, 2.45) is 5.41 Å².